The molecule has 0 radical (unpaired) electrons. The van der Waals surface area contributed by atoms with Gasteiger partial charge in [-0.1, -0.05) is 25.8 Å². The van der Waals surface area contributed by atoms with Crippen LogP contribution in [-0.2, 0) is 5.41 Å². The Morgan fingerprint density at radius 2 is 2.00 bits per heavy atom. The number of carbonyl (C=O) groups excluding carboxylic acids is 1. The van der Waals surface area contributed by atoms with Gasteiger partial charge >= 0.3 is 0 Å². The Morgan fingerprint density at radius 3 is 2.65 bits per heavy atom. The van der Waals surface area contributed by atoms with Gasteiger partial charge in [-0.2, -0.15) is 5.26 Å². The van der Waals surface area contributed by atoms with E-state index < -0.39 is 5.41 Å². The number of fused-ring (bicyclic) bond motifs is 4. The summed E-state index contributed by atoms with van der Waals surface area (Å²) >= 11 is 0. The molecular formula is C22H16N2O2. The van der Waals surface area contributed by atoms with Gasteiger partial charge in [0.25, 0.3) is 0 Å². The lowest BCUT2D eigenvalue weighted by molar-refractivity contribution is 0.103. The summed E-state index contributed by atoms with van der Waals surface area (Å²) < 4.78 is 5.41. The predicted molar refractivity (Wildman–Crippen MR) is 99.5 cm³/mol. The number of aromatic nitrogens is 1. The second-order valence-corrected chi connectivity index (χ2v) is 6.94. The van der Waals surface area contributed by atoms with Gasteiger partial charge in [-0.3, -0.25) is 4.79 Å². The Morgan fingerprint density at radius 1 is 1.23 bits per heavy atom. The molecule has 4 heteroatoms. The van der Waals surface area contributed by atoms with E-state index in [1.54, 1.807) is 25.3 Å². The van der Waals surface area contributed by atoms with Crippen molar-refractivity contribution in [1.29, 1.82) is 5.26 Å². The molecule has 4 nitrogen and oxygen atoms in total. The first kappa shape index (κ1) is 16.0. The quantitative estimate of drug-likeness (QED) is 0.683. The molecule has 1 N–H and O–H groups in total. The highest BCUT2D eigenvalue weighted by atomic mass is 16.5. The van der Waals surface area contributed by atoms with Crippen molar-refractivity contribution < 1.29 is 9.53 Å². The number of ketones is 1. The minimum absolute atomic E-state index is 0.0653. The lowest BCUT2D eigenvalue weighted by Crippen LogP contribution is -2.30. The van der Waals surface area contributed by atoms with Crippen molar-refractivity contribution in [3.8, 4) is 24.2 Å². The highest BCUT2D eigenvalue weighted by molar-refractivity contribution is 6.20. The van der Waals surface area contributed by atoms with Crippen molar-refractivity contribution in [2.75, 3.05) is 7.11 Å². The Hall–Kier alpha value is -3.50. The van der Waals surface area contributed by atoms with Crippen molar-refractivity contribution in [3.05, 3.63) is 63.8 Å². The van der Waals surface area contributed by atoms with E-state index in [0.29, 0.717) is 28.0 Å². The van der Waals surface area contributed by atoms with Gasteiger partial charge in [0.15, 0.2) is 5.78 Å². The number of hydrogen-bond donors (Lipinski definition) is 1. The van der Waals surface area contributed by atoms with Crippen LogP contribution in [0.3, 0.4) is 0 Å². The summed E-state index contributed by atoms with van der Waals surface area (Å²) in [5.74, 6) is 3.11. The first-order valence-corrected chi connectivity index (χ1v) is 8.22. The fourth-order valence-corrected chi connectivity index (χ4v) is 3.81. The van der Waals surface area contributed by atoms with Gasteiger partial charge in [0.1, 0.15) is 5.75 Å². The van der Waals surface area contributed by atoms with Crippen LogP contribution >= 0.6 is 0 Å². The Bertz CT molecular complexity index is 1180. The molecule has 1 heterocycles. The van der Waals surface area contributed by atoms with E-state index in [0.717, 1.165) is 22.2 Å². The molecule has 0 saturated carbocycles. The smallest absolute Gasteiger partial charge is 0.195 e. The molecule has 0 amide bonds. The van der Waals surface area contributed by atoms with Crippen molar-refractivity contribution in [2.45, 2.75) is 19.3 Å². The summed E-state index contributed by atoms with van der Waals surface area (Å²) in [6, 6.07) is 11.1. The molecule has 126 valence electrons. The summed E-state index contributed by atoms with van der Waals surface area (Å²) in [4.78, 5) is 16.7. The van der Waals surface area contributed by atoms with Crippen LogP contribution < -0.4 is 4.74 Å². The van der Waals surface area contributed by atoms with E-state index in [1.165, 1.54) is 0 Å². The maximum atomic E-state index is 13.3. The van der Waals surface area contributed by atoms with Gasteiger partial charge in [0.2, 0.25) is 0 Å². The van der Waals surface area contributed by atoms with E-state index in [-0.39, 0.29) is 5.78 Å². The zero-order valence-corrected chi connectivity index (χ0v) is 14.7. The van der Waals surface area contributed by atoms with E-state index in [2.05, 4.69) is 30.8 Å². The number of terminal acetylenes is 1. The van der Waals surface area contributed by atoms with Crippen LogP contribution in [0.15, 0.2) is 30.3 Å². The standard InChI is InChI=1S/C22H16N2O2/c1-5-13-9-15-16(10-18(13)26-4)22(2,3)21-19(20(15)25)14-7-6-12(11-23)8-17(14)24-21/h1,6-10,24H,2-4H3. The molecule has 0 saturated heterocycles. The topological polar surface area (TPSA) is 65.9 Å². The second-order valence-electron chi connectivity index (χ2n) is 6.94. The average Bonchev–Trinajstić information content (AvgIpc) is 3.05. The van der Waals surface area contributed by atoms with Gasteiger partial charge in [-0.25, -0.2) is 0 Å². The summed E-state index contributed by atoms with van der Waals surface area (Å²) in [6.07, 6.45) is 5.59. The molecule has 0 aliphatic heterocycles. The number of nitrogens with one attached hydrogen (secondary N) is 1. The van der Waals surface area contributed by atoms with Crippen molar-refractivity contribution in [3.63, 3.8) is 0 Å². The van der Waals surface area contributed by atoms with Crippen LogP contribution in [0.1, 0.15) is 52.2 Å². The fraction of sp³-hybridized carbons (Fsp3) is 0.182. The molecule has 0 spiro atoms. The molecule has 1 aliphatic carbocycles. The predicted octanol–water partition coefficient (Wildman–Crippen LogP) is 3.90. The Labute approximate surface area is 151 Å². The number of nitriles is 1. The monoisotopic (exact) mass is 340 g/mol. The zero-order chi connectivity index (χ0) is 18.6. The number of nitrogens with zero attached hydrogens (tertiary/aromatic N) is 1. The Balaban J connectivity index is 2.07. The summed E-state index contributed by atoms with van der Waals surface area (Å²) in [5.41, 5.74) is 4.42. The third-order valence-corrected chi connectivity index (χ3v) is 5.19. The van der Waals surface area contributed by atoms with E-state index in [9.17, 15) is 4.79 Å². The summed E-state index contributed by atoms with van der Waals surface area (Å²) in [7, 11) is 1.57. The largest absolute Gasteiger partial charge is 0.495 e. The molecule has 2 aromatic carbocycles. The lowest BCUT2D eigenvalue weighted by atomic mass is 9.71. The van der Waals surface area contributed by atoms with Crippen LogP contribution in [0.4, 0.5) is 0 Å². The van der Waals surface area contributed by atoms with E-state index in [4.69, 9.17) is 16.4 Å². The van der Waals surface area contributed by atoms with Gasteiger partial charge in [0, 0.05) is 27.6 Å². The third-order valence-electron chi connectivity index (χ3n) is 5.19. The fourth-order valence-electron chi connectivity index (χ4n) is 3.81. The third kappa shape index (κ3) is 1.93. The molecule has 26 heavy (non-hydrogen) atoms. The SMILES string of the molecule is C#Cc1cc2c(cc1OC)C(C)(C)c1[nH]c3cc(C#N)ccc3c1C2=O. The molecule has 0 fully saturated rings. The lowest BCUT2D eigenvalue weighted by Gasteiger charge is -2.32. The number of benzene rings is 2. The number of methoxy groups -OCH3 is 1. The number of rotatable bonds is 1. The van der Waals surface area contributed by atoms with Crippen molar-refractivity contribution in [2.24, 2.45) is 0 Å². The highest BCUT2D eigenvalue weighted by Crippen LogP contribution is 2.45. The molecular weight excluding hydrogens is 324 g/mol. The van der Waals surface area contributed by atoms with E-state index in [1.807, 2.05) is 12.1 Å². The molecule has 1 aromatic heterocycles. The zero-order valence-electron chi connectivity index (χ0n) is 14.7. The van der Waals surface area contributed by atoms with Crippen LogP contribution in [0.5, 0.6) is 5.75 Å². The molecule has 0 unspecified atom stereocenters. The molecule has 0 bridgehead atoms. The van der Waals surface area contributed by atoms with Crippen LogP contribution in [0.2, 0.25) is 0 Å². The number of H-pyrrole nitrogens is 1. The molecule has 4 rings (SSSR count). The van der Waals surface area contributed by atoms with Gasteiger partial charge in [-0.05, 0) is 29.8 Å². The summed E-state index contributed by atoms with van der Waals surface area (Å²) in [5, 5.41) is 9.97. The molecule has 0 atom stereocenters. The maximum Gasteiger partial charge on any atom is 0.195 e. The average molecular weight is 340 g/mol. The summed E-state index contributed by atoms with van der Waals surface area (Å²) in [6.45, 7) is 4.12. The van der Waals surface area contributed by atoms with Gasteiger partial charge in [0.05, 0.1) is 29.9 Å². The first-order valence-electron chi connectivity index (χ1n) is 8.22. The van der Waals surface area contributed by atoms with Gasteiger partial charge < -0.3 is 9.72 Å². The Kier molecular flexibility index (Phi) is 3.23. The van der Waals surface area contributed by atoms with Crippen LogP contribution in [-0.4, -0.2) is 17.9 Å². The number of carbonyl (C=O) groups is 1. The minimum Gasteiger partial charge on any atom is -0.495 e. The first-order chi connectivity index (χ1) is 12.4. The van der Waals surface area contributed by atoms with Crippen LogP contribution in [0.25, 0.3) is 10.9 Å². The van der Waals surface area contributed by atoms with E-state index >= 15 is 0 Å². The second kappa shape index (κ2) is 5.25. The van der Waals surface area contributed by atoms with Crippen LogP contribution in [0, 0.1) is 23.7 Å². The maximum absolute atomic E-state index is 13.3. The highest BCUT2D eigenvalue weighted by Gasteiger charge is 2.40. The van der Waals surface area contributed by atoms with Crippen molar-refractivity contribution in [1.82, 2.24) is 4.98 Å². The minimum atomic E-state index is -0.440. The number of hydrogen-bond acceptors (Lipinski definition) is 3. The van der Waals surface area contributed by atoms with Crippen molar-refractivity contribution >= 4 is 16.7 Å². The number of aromatic amines is 1. The normalized spacial score (nSPS) is 14.3. The number of ether oxygens (including phenoxy) is 1. The molecule has 1 aliphatic rings. The molecule has 3 aromatic rings. The van der Waals surface area contributed by atoms with Gasteiger partial charge in [-0.15, -0.1) is 6.42 Å².